The van der Waals surface area contributed by atoms with Gasteiger partial charge in [0, 0.05) is 17.9 Å². The highest BCUT2D eigenvalue weighted by molar-refractivity contribution is 5.98. The Balaban J connectivity index is 1.59. The predicted octanol–water partition coefficient (Wildman–Crippen LogP) is 4.80. The Morgan fingerprint density at radius 3 is 2.81 bits per heavy atom. The number of hydrogen-bond acceptors (Lipinski definition) is 2. The van der Waals surface area contributed by atoms with Crippen molar-refractivity contribution in [1.82, 2.24) is 0 Å². The fourth-order valence-electron chi connectivity index (χ4n) is 3.78. The number of fused-ring (bicyclic) bond motifs is 1. The van der Waals surface area contributed by atoms with E-state index < -0.39 is 0 Å². The van der Waals surface area contributed by atoms with Crippen molar-refractivity contribution >= 4 is 5.78 Å². The molecule has 0 atom stereocenters. The Morgan fingerprint density at radius 2 is 2.05 bits per heavy atom. The number of Topliss-reactive ketones (excluding diaryl/α,β-unsaturated/α-hetero) is 1. The lowest BCUT2D eigenvalue weighted by molar-refractivity contribution is 0.0869. The minimum atomic E-state index is 0.253. The second-order valence-electron chi connectivity index (χ2n) is 6.65. The maximum atomic E-state index is 12.7. The Morgan fingerprint density at radius 1 is 1.24 bits per heavy atom. The third-order valence-corrected chi connectivity index (χ3v) is 5.16. The van der Waals surface area contributed by atoms with E-state index in [1.165, 1.54) is 37.7 Å². The van der Waals surface area contributed by atoms with Crippen molar-refractivity contribution < 1.29 is 9.53 Å². The van der Waals surface area contributed by atoms with Crippen LogP contribution >= 0.6 is 0 Å². The Labute approximate surface area is 127 Å². The molecule has 114 valence electrons. The third kappa shape index (κ3) is 3.30. The first-order valence-electron chi connectivity index (χ1n) is 8.58. The molecule has 0 spiro atoms. The summed E-state index contributed by atoms with van der Waals surface area (Å²) in [5, 5.41) is 0. The van der Waals surface area contributed by atoms with Gasteiger partial charge >= 0.3 is 0 Å². The number of hydrogen-bond donors (Lipinski definition) is 0. The number of ketones is 1. The lowest BCUT2D eigenvalue weighted by atomic mass is 9.77. The molecule has 1 fully saturated rings. The molecule has 0 aromatic heterocycles. The number of unbranched alkanes of at least 4 members (excludes halogenated alkanes) is 1. The molecule has 0 N–H and O–H groups in total. The van der Waals surface area contributed by atoms with Crippen LogP contribution in [0.1, 0.15) is 67.8 Å². The van der Waals surface area contributed by atoms with Crippen LogP contribution in [0.15, 0.2) is 18.2 Å². The van der Waals surface area contributed by atoms with Gasteiger partial charge in [-0.3, -0.25) is 4.79 Å². The summed E-state index contributed by atoms with van der Waals surface area (Å²) in [6, 6.07) is 5.99. The monoisotopic (exact) mass is 286 g/mol. The SMILES string of the molecule is CCCCC1CCC(C(=O)c2ccc3c(c2)CCO3)CC1. The van der Waals surface area contributed by atoms with Gasteiger partial charge in [-0.25, -0.2) is 0 Å². The van der Waals surface area contributed by atoms with Crippen LogP contribution in [0.4, 0.5) is 0 Å². The topological polar surface area (TPSA) is 26.3 Å². The highest BCUT2D eigenvalue weighted by atomic mass is 16.5. The number of benzene rings is 1. The first-order valence-corrected chi connectivity index (χ1v) is 8.58. The van der Waals surface area contributed by atoms with Crippen molar-refractivity contribution in [3.8, 4) is 5.75 Å². The van der Waals surface area contributed by atoms with Gasteiger partial charge in [0.25, 0.3) is 0 Å². The van der Waals surface area contributed by atoms with E-state index in [0.29, 0.717) is 5.78 Å². The van der Waals surface area contributed by atoms with E-state index in [0.717, 1.165) is 43.1 Å². The van der Waals surface area contributed by atoms with Gasteiger partial charge in [0.2, 0.25) is 0 Å². The molecule has 0 bridgehead atoms. The van der Waals surface area contributed by atoms with E-state index in [1.54, 1.807) is 0 Å². The summed E-state index contributed by atoms with van der Waals surface area (Å²) in [5.74, 6) is 2.44. The van der Waals surface area contributed by atoms with E-state index in [1.807, 2.05) is 12.1 Å². The highest BCUT2D eigenvalue weighted by Gasteiger charge is 2.27. The average molecular weight is 286 g/mol. The Hall–Kier alpha value is -1.31. The number of ether oxygens (including phenoxy) is 1. The maximum Gasteiger partial charge on any atom is 0.165 e. The fourth-order valence-corrected chi connectivity index (χ4v) is 3.78. The van der Waals surface area contributed by atoms with Crippen LogP contribution in [0.5, 0.6) is 5.75 Å². The molecular weight excluding hydrogens is 260 g/mol. The highest BCUT2D eigenvalue weighted by Crippen LogP contribution is 2.34. The minimum Gasteiger partial charge on any atom is -0.493 e. The molecule has 2 aliphatic rings. The Kier molecular flexibility index (Phi) is 4.62. The van der Waals surface area contributed by atoms with Gasteiger partial charge in [0.05, 0.1) is 6.61 Å². The second-order valence-corrected chi connectivity index (χ2v) is 6.65. The van der Waals surface area contributed by atoms with Crippen LogP contribution in [-0.2, 0) is 6.42 Å². The zero-order valence-electron chi connectivity index (χ0n) is 13.1. The Bertz CT molecular complexity index is 498. The van der Waals surface area contributed by atoms with Crippen LogP contribution in [0.25, 0.3) is 0 Å². The molecule has 1 aromatic rings. The molecule has 0 unspecified atom stereocenters. The summed E-state index contributed by atoms with van der Waals surface area (Å²) in [6.45, 7) is 3.02. The number of rotatable bonds is 5. The first-order chi connectivity index (χ1) is 10.3. The van der Waals surface area contributed by atoms with Crippen molar-refractivity contribution in [3.63, 3.8) is 0 Å². The molecule has 0 amide bonds. The molecule has 2 nitrogen and oxygen atoms in total. The van der Waals surface area contributed by atoms with Crippen molar-refractivity contribution in [2.75, 3.05) is 6.61 Å². The molecular formula is C19H26O2. The van der Waals surface area contributed by atoms with Crippen LogP contribution < -0.4 is 4.74 Å². The zero-order valence-corrected chi connectivity index (χ0v) is 13.1. The fraction of sp³-hybridized carbons (Fsp3) is 0.632. The summed E-state index contributed by atoms with van der Waals surface area (Å²) < 4.78 is 5.52. The standard InChI is InChI=1S/C19H26O2/c1-2-3-4-14-5-7-15(8-6-14)19(20)17-9-10-18-16(13-17)11-12-21-18/h9-10,13-15H,2-8,11-12H2,1H3. The van der Waals surface area contributed by atoms with E-state index in [4.69, 9.17) is 4.74 Å². The molecule has 21 heavy (non-hydrogen) atoms. The van der Waals surface area contributed by atoms with Gasteiger partial charge in [-0.15, -0.1) is 0 Å². The van der Waals surface area contributed by atoms with Crippen LogP contribution in [0.2, 0.25) is 0 Å². The molecule has 1 aliphatic heterocycles. The van der Waals surface area contributed by atoms with Crippen molar-refractivity contribution in [1.29, 1.82) is 0 Å². The van der Waals surface area contributed by atoms with E-state index in [2.05, 4.69) is 13.0 Å². The van der Waals surface area contributed by atoms with Gasteiger partial charge < -0.3 is 4.74 Å². The predicted molar refractivity (Wildman–Crippen MR) is 84.9 cm³/mol. The van der Waals surface area contributed by atoms with E-state index in [-0.39, 0.29) is 5.92 Å². The number of carbonyl (C=O) groups excluding carboxylic acids is 1. The normalized spacial score (nSPS) is 24.4. The van der Waals surface area contributed by atoms with Crippen molar-refractivity contribution in [2.24, 2.45) is 11.8 Å². The van der Waals surface area contributed by atoms with Crippen LogP contribution in [0.3, 0.4) is 0 Å². The molecule has 0 saturated heterocycles. The summed E-state index contributed by atoms with van der Waals surface area (Å²) >= 11 is 0. The second kappa shape index (κ2) is 6.64. The van der Waals surface area contributed by atoms with Crippen LogP contribution in [-0.4, -0.2) is 12.4 Å². The van der Waals surface area contributed by atoms with Crippen molar-refractivity contribution in [3.05, 3.63) is 29.3 Å². The molecule has 0 radical (unpaired) electrons. The largest absolute Gasteiger partial charge is 0.493 e. The summed E-state index contributed by atoms with van der Waals surface area (Å²) in [7, 11) is 0. The average Bonchev–Trinajstić information content (AvgIpc) is 3.00. The van der Waals surface area contributed by atoms with Gasteiger partial charge in [-0.05, 0) is 55.4 Å². The van der Waals surface area contributed by atoms with E-state index in [9.17, 15) is 4.79 Å². The van der Waals surface area contributed by atoms with Gasteiger partial charge in [0.1, 0.15) is 5.75 Å². The molecule has 1 saturated carbocycles. The molecule has 3 rings (SSSR count). The molecule has 1 aliphatic carbocycles. The molecule has 1 heterocycles. The van der Waals surface area contributed by atoms with Gasteiger partial charge in [-0.1, -0.05) is 26.2 Å². The van der Waals surface area contributed by atoms with Gasteiger partial charge in [0.15, 0.2) is 5.78 Å². The lowest BCUT2D eigenvalue weighted by Crippen LogP contribution is -2.22. The molecule has 1 aromatic carbocycles. The van der Waals surface area contributed by atoms with E-state index >= 15 is 0 Å². The number of carbonyl (C=O) groups is 1. The van der Waals surface area contributed by atoms with Crippen molar-refractivity contribution in [2.45, 2.75) is 58.3 Å². The van der Waals surface area contributed by atoms with Gasteiger partial charge in [-0.2, -0.15) is 0 Å². The lowest BCUT2D eigenvalue weighted by Gasteiger charge is -2.27. The smallest absolute Gasteiger partial charge is 0.165 e. The summed E-state index contributed by atoms with van der Waals surface area (Å²) in [4.78, 5) is 12.7. The molecule has 2 heteroatoms. The minimum absolute atomic E-state index is 0.253. The quantitative estimate of drug-likeness (QED) is 0.727. The third-order valence-electron chi connectivity index (χ3n) is 5.16. The first kappa shape index (κ1) is 14.6. The zero-order chi connectivity index (χ0) is 14.7. The summed E-state index contributed by atoms with van der Waals surface area (Å²) in [5.41, 5.74) is 2.11. The maximum absolute atomic E-state index is 12.7. The van der Waals surface area contributed by atoms with Crippen LogP contribution in [0, 0.1) is 11.8 Å². The summed E-state index contributed by atoms with van der Waals surface area (Å²) in [6.07, 6.45) is 9.58.